The molecule has 0 aliphatic carbocycles. The van der Waals surface area contributed by atoms with E-state index in [9.17, 15) is 15.0 Å². The molecular weight excluding hydrogens is 831 g/mol. The Bertz CT molecular complexity index is 1480. The van der Waals surface area contributed by atoms with Crippen LogP contribution < -0.4 is 5.32 Å². The van der Waals surface area contributed by atoms with E-state index in [2.05, 4.69) is 165 Å². The van der Waals surface area contributed by atoms with Gasteiger partial charge in [0.2, 0.25) is 5.91 Å². The molecule has 4 heteroatoms. The summed E-state index contributed by atoms with van der Waals surface area (Å²) in [5.41, 5.74) is 0. The van der Waals surface area contributed by atoms with Crippen molar-refractivity contribution in [3.05, 3.63) is 158 Å². The Kier molecular flexibility index (Phi) is 54.0. The molecule has 0 aromatic rings. The lowest BCUT2D eigenvalue weighted by atomic mass is 10.1. The molecule has 0 aromatic carbocycles. The fourth-order valence-electron chi connectivity index (χ4n) is 7.32. The molecule has 0 saturated carbocycles. The van der Waals surface area contributed by atoms with Crippen molar-refractivity contribution >= 4 is 5.91 Å². The Balaban J connectivity index is 3.72. The van der Waals surface area contributed by atoms with Gasteiger partial charge in [-0.25, -0.2) is 0 Å². The van der Waals surface area contributed by atoms with Gasteiger partial charge in [-0.05, 0) is 116 Å². The minimum absolute atomic E-state index is 0.0995. The Labute approximate surface area is 420 Å². The Morgan fingerprint density at radius 3 is 1.03 bits per heavy atom. The molecular formula is C64H103NO3. The molecule has 0 aliphatic rings. The standard InChI is InChI=1S/C64H103NO3/c1-3-5-7-9-11-13-15-17-19-21-22-23-24-25-26-27-28-29-30-31-32-33-34-35-36-37-38-39-40-41-42-44-46-48-50-52-54-56-58-60-64(68)65-62(61-66)63(67)59-57-55-53-51-49-47-45-43-20-18-16-14-12-10-8-6-4-2/h5,7,11,13,17,19,22-23,25-26,28-29,31-32,34-35,37-38,40-41,44,46,49,51,57,59,62-63,66-67H,3-4,6,8-10,12,14-16,18,20-21,24,27,30,33,36,39,42-43,45,47-48,50,52-56,58,60-61H2,1-2H3,(H,65,68)/b7-5-,13-11-,19-17-,23-22-,26-25-,29-28-,32-31-,35-34-,38-37-,41-40-,46-44-,51-49+,59-57+. The molecule has 0 heterocycles. The van der Waals surface area contributed by atoms with Crippen LogP contribution in [0.2, 0.25) is 0 Å². The summed E-state index contributed by atoms with van der Waals surface area (Å²) in [4.78, 5) is 12.4. The first-order chi connectivity index (χ1) is 33.7. The molecule has 0 saturated heterocycles. The van der Waals surface area contributed by atoms with E-state index in [4.69, 9.17) is 0 Å². The molecule has 68 heavy (non-hydrogen) atoms. The van der Waals surface area contributed by atoms with Gasteiger partial charge in [-0.2, -0.15) is 0 Å². The van der Waals surface area contributed by atoms with Crippen LogP contribution in [0.4, 0.5) is 0 Å². The van der Waals surface area contributed by atoms with Crippen LogP contribution in [-0.4, -0.2) is 34.9 Å². The number of aliphatic hydroxyl groups is 2. The second kappa shape index (κ2) is 57.3. The summed E-state index contributed by atoms with van der Waals surface area (Å²) in [6, 6.07) is -0.662. The van der Waals surface area contributed by atoms with Crippen molar-refractivity contribution < 1.29 is 15.0 Å². The third-order valence-corrected chi connectivity index (χ3v) is 11.5. The van der Waals surface area contributed by atoms with Gasteiger partial charge >= 0.3 is 0 Å². The highest BCUT2D eigenvalue weighted by Gasteiger charge is 2.17. The first-order valence-corrected chi connectivity index (χ1v) is 27.7. The number of rotatable bonds is 48. The van der Waals surface area contributed by atoms with E-state index >= 15 is 0 Å². The predicted molar refractivity (Wildman–Crippen MR) is 303 cm³/mol. The maximum absolute atomic E-state index is 12.4. The van der Waals surface area contributed by atoms with Crippen molar-refractivity contribution in [1.82, 2.24) is 5.32 Å². The zero-order valence-electron chi connectivity index (χ0n) is 43.8. The lowest BCUT2D eigenvalue weighted by Gasteiger charge is -2.19. The third kappa shape index (κ3) is 53.0. The van der Waals surface area contributed by atoms with Crippen molar-refractivity contribution in [2.75, 3.05) is 6.61 Å². The monoisotopic (exact) mass is 934 g/mol. The Hall–Kier alpha value is -3.99. The zero-order chi connectivity index (χ0) is 49.2. The molecule has 0 fully saturated rings. The van der Waals surface area contributed by atoms with Crippen LogP contribution in [0, 0.1) is 0 Å². The normalized spacial score (nSPS) is 14.1. The van der Waals surface area contributed by atoms with Gasteiger partial charge in [0, 0.05) is 6.42 Å². The molecule has 4 nitrogen and oxygen atoms in total. The zero-order valence-corrected chi connectivity index (χ0v) is 43.8. The number of carbonyl (C=O) groups excluding carboxylic acids is 1. The highest BCUT2D eigenvalue weighted by atomic mass is 16.3. The summed E-state index contributed by atoms with van der Waals surface area (Å²) >= 11 is 0. The summed E-state index contributed by atoms with van der Waals surface area (Å²) in [5.74, 6) is -0.0995. The number of allylic oxidation sites excluding steroid dienone is 25. The molecule has 3 N–H and O–H groups in total. The van der Waals surface area contributed by atoms with Gasteiger partial charge in [0.25, 0.3) is 0 Å². The highest BCUT2D eigenvalue weighted by molar-refractivity contribution is 5.76. The van der Waals surface area contributed by atoms with Gasteiger partial charge < -0.3 is 15.5 Å². The van der Waals surface area contributed by atoms with Gasteiger partial charge in [0.05, 0.1) is 18.8 Å². The second-order valence-corrected chi connectivity index (χ2v) is 17.9. The molecule has 0 radical (unpaired) electrons. The smallest absolute Gasteiger partial charge is 0.220 e. The molecule has 0 rings (SSSR count). The quantitative estimate of drug-likeness (QED) is 0.0421. The van der Waals surface area contributed by atoms with Crippen LogP contribution in [0.15, 0.2) is 158 Å². The van der Waals surface area contributed by atoms with E-state index in [1.54, 1.807) is 6.08 Å². The summed E-state index contributed by atoms with van der Waals surface area (Å²) in [6.45, 7) is 4.16. The molecule has 2 unspecified atom stereocenters. The van der Waals surface area contributed by atoms with Crippen molar-refractivity contribution in [1.29, 1.82) is 0 Å². The SMILES string of the molecule is CC/C=C\C/C=C\C/C=C\C/C=C\C/C=C\C/C=C\C/C=C\C/C=C\C/C=C\C/C=C\C/C=C\CCCCCCCC(=O)NC(CO)C(O)/C=C/CC/C=C/CCCCCCCCCCCCC. The van der Waals surface area contributed by atoms with Crippen LogP contribution in [0.5, 0.6) is 0 Å². The van der Waals surface area contributed by atoms with Crippen LogP contribution in [-0.2, 0) is 4.79 Å². The topological polar surface area (TPSA) is 69.6 Å². The van der Waals surface area contributed by atoms with Crippen molar-refractivity contribution in [3.63, 3.8) is 0 Å². The molecule has 0 aromatic heterocycles. The number of unbranched alkanes of at least 4 members (excludes halogenated alkanes) is 17. The van der Waals surface area contributed by atoms with Crippen molar-refractivity contribution in [3.8, 4) is 0 Å². The average Bonchev–Trinajstić information content (AvgIpc) is 3.34. The van der Waals surface area contributed by atoms with Gasteiger partial charge in [-0.3, -0.25) is 4.79 Å². The van der Waals surface area contributed by atoms with E-state index < -0.39 is 12.1 Å². The van der Waals surface area contributed by atoms with E-state index in [-0.39, 0.29) is 12.5 Å². The van der Waals surface area contributed by atoms with Crippen molar-refractivity contribution in [2.24, 2.45) is 0 Å². The Morgan fingerprint density at radius 1 is 0.368 bits per heavy atom. The Morgan fingerprint density at radius 2 is 0.662 bits per heavy atom. The van der Waals surface area contributed by atoms with Gasteiger partial charge in [0.1, 0.15) is 0 Å². The third-order valence-electron chi connectivity index (χ3n) is 11.5. The van der Waals surface area contributed by atoms with Crippen molar-refractivity contribution in [2.45, 2.75) is 231 Å². The predicted octanol–water partition coefficient (Wildman–Crippen LogP) is 18.6. The molecule has 0 bridgehead atoms. The molecule has 382 valence electrons. The minimum atomic E-state index is -0.882. The summed E-state index contributed by atoms with van der Waals surface area (Å²) in [7, 11) is 0. The molecule has 2 atom stereocenters. The number of hydrogen-bond acceptors (Lipinski definition) is 3. The van der Waals surface area contributed by atoms with E-state index in [1.165, 1.54) is 83.5 Å². The van der Waals surface area contributed by atoms with Gasteiger partial charge in [-0.15, -0.1) is 0 Å². The maximum atomic E-state index is 12.4. The number of carbonyl (C=O) groups is 1. The van der Waals surface area contributed by atoms with E-state index in [0.29, 0.717) is 6.42 Å². The number of nitrogens with one attached hydrogen (secondary N) is 1. The van der Waals surface area contributed by atoms with Gasteiger partial charge in [0.15, 0.2) is 0 Å². The molecule has 0 aliphatic heterocycles. The lowest BCUT2D eigenvalue weighted by molar-refractivity contribution is -0.123. The summed E-state index contributed by atoms with van der Waals surface area (Å²) in [6.07, 6.45) is 92.4. The minimum Gasteiger partial charge on any atom is -0.394 e. The first kappa shape index (κ1) is 64.0. The van der Waals surface area contributed by atoms with Crippen LogP contribution in [0.1, 0.15) is 219 Å². The fourth-order valence-corrected chi connectivity index (χ4v) is 7.32. The fraction of sp³-hybridized carbons (Fsp3) is 0.578. The van der Waals surface area contributed by atoms with E-state index in [1.807, 2.05) is 6.08 Å². The largest absolute Gasteiger partial charge is 0.394 e. The van der Waals surface area contributed by atoms with Gasteiger partial charge in [-0.1, -0.05) is 255 Å². The first-order valence-electron chi connectivity index (χ1n) is 27.7. The molecule has 0 spiro atoms. The average molecular weight is 935 g/mol. The molecule has 1 amide bonds. The number of amides is 1. The van der Waals surface area contributed by atoms with Crippen LogP contribution in [0.25, 0.3) is 0 Å². The van der Waals surface area contributed by atoms with E-state index in [0.717, 1.165) is 116 Å². The van der Waals surface area contributed by atoms with Crippen LogP contribution in [0.3, 0.4) is 0 Å². The van der Waals surface area contributed by atoms with Crippen LogP contribution >= 0.6 is 0 Å². The summed E-state index contributed by atoms with van der Waals surface area (Å²) in [5, 5.41) is 23.1. The maximum Gasteiger partial charge on any atom is 0.220 e. The number of hydrogen-bond donors (Lipinski definition) is 3. The summed E-state index contributed by atoms with van der Waals surface area (Å²) < 4.78 is 0. The lowest BCUT2D eigenvalue weighted by Crippen LogP contribution is -2.45. The highest BCUT2D eigenvalue weighted by Crippen LogP contribution is 2.13. The number of aliphatic hydroxyl groups excluding tert-OH is 2. The second-order valence-electron chi connectivity index (χ2n) is 17.9.